The zero-order chi connectivity index (χ0) is 16.8. The lowest BCUT2D eigenvalue weighted by Crippen LogP contribution is -2.49. The van der Waals surface area contributed by atoms with Crippen molar-refractivity contribution >= 4 is 11.9 Å². The Hall–Kier alpha value is -1.14. The third-order valence-corrected chi connectivity index (χ3v) is 4.68. The van der Waals surface area contributed by atoms with E-state index in [0.29, 0.717) is 19.6 Å². The molecule has 1 amide bonds. The fourth-order valence-electron chi connectivity index (χ4n) is 3.49. The van der Waals surface area contributed by atoms with Gasteiger partial charge < -0.3 is 14.4 Å². The first kappa shape index (κ1) is 18.2. The monoisotopic (exact) mass is 326 g/mol. The molecule has 0 bridgehead atoms. The van der Waals surface area contributed by atoms with E-state index in [0.717, 1.165) is 38.9 Å². The Balaban J connectivity index is 1.91. The second kappa shape index (κ2) is 8.64. The number of rotatable bonds is 7. The molecule has 0 aliphatic carbocycles. The van der Waals surface area contributed by atoms with Gasteiger partial charge in [-0.3, -0.25) is 9.69 Å². The van der Waals surface area contributed by atoms with Gasteiger partial charge in [0.2, 0.25) is 5.91 Å². The van der Waals surface area contributed by atoms with Crippen molar-refractivity contribution in [2.45, 2.75) is 51.7 Å². The van der Waals surface area contributed by atoms with Gasteiger partial charge in [-0.25, -0.2) is 4.79 Å². The molecule has 2 atom stereocenters. The van der Waals surface area contributed by atoms with Crippen LogP contribution in [0.25, 0.3) is 0 Å². The van der Waals surface area contributed by atoms with Crippen molar-refractivity contribution in [1.29, 1.82) is 0 Å². The molecule has 0 spiro atoms. The van der Waals surface area contributed by atoms with E-state index in [1.54, 1.807) is 12.0 Å². The Kier molecular flexibility index (Phi) is 6.84. The van der Waals surface area contributed by atoms with Crippen LogP contribution in [-0.4, -0.2) is 73.7 Å². The smallest absolute Gasteiger partial charge is 0.329 e. The molecular weight excluding hydrogens is 296 g/mol. The highest BCUT2D eigenvalue weighted by atomic mass is 16.5. The summed E-state index contributed by atoms with van der Waals surface area (Å²) in [5, 5.41) is 0. The highest BCUT2D eigenvalue weighted by molar-refractivity contribution is 5.86. The average molecular weight is 326 g/mol. The van der Waals surface area contributed by atoms with Gasteiger partial charge in [0.25, 0.3) is 0 Å². The summed E-state index contributed by atoms with van der Waals surface area (Å²) in [6.07, 6.45) is 3.23. The Bertz CT molecular complexity index is 413. The topological polar surface area (TPSA) is 59.1 Å². The van der Waals surface area contributed by atoms with Crippen LogP contribution in [0.2, 0.25) is 0 Å². The van der Waals surface area contributed by atoms with Gasteiger partial charge in [-0.15, -0.1) is 0 Å². The number of nitrogens with zero attached hydrogens (tertiary/aromatic N) is 2. The summed E-state index contributed by atoms with van der Waals surface area (Å²) < 4.78 is 10.9. The number of methoxy groups -OCH3 is 1. The summed E-state index contributed by atoms with van der Waals surface area (Å²) in [5.74, 6) is -0.0995. The van der Waals surface area contributed by atoms with Crippen LogP contribution in [0.15, 0.2) is 0 Å². The molecule has 2 heterocycles. The Labute approximate surface area is 139 Å². The highest BCUT2D eigenvalue weighted by Crippen LogP contribution is 2.22. The number of esters is 1. The van der Waals surface area contributed by atoms with E-state index >= 15 is 0 Å². The SMILES string of the molecule is COCCN1CCC[C@@H](OC(=O)[C@H](C(C)C)N2CCCC2=O)C1. The molecule has 2 aliphatic heterocycles. The zero-order valence-electron chi connectivity index (χ0n) is 14.6. The number of piperidine rings is 1. The maximum Gasteiger partial charge on any atom is 0.329 e. The van der Waals surface area contributed by atoms with Crippen LogP contribution in [0.5, 0.6) is 0 Å². The van der Waals surface area contributed by atoms with E-state index in [1.165, 1.54) is 0 Å². The molecule has 6 heteroatoms. The highest BCUT2D eigenvalue weighted by Gasteiger charge is 2.37. The van der Waals surface area contributed by atoms with Crippen molar-refractivity contribution < 1.29 is 19.1 Å². The number of carbonyl (C=O) groups is 2. The van der Waals surface area contributed by atoms with Gasteiger partial charge in [0, 0.05) is 33.2 Å². The number of carbonyl (C=O) groups excluding carboxylic acids is 2. The number of hydrogen-bond donors (Lipinski definition) is 0. The molecule has 132 valence electrons. The van der Waals surface area contributed by atoms with Crippen LogP contribution >= 0.6 is 0 Å². The number of ether oxygens (including phenoxy) is 2. The fourth-order valence-corrected chi connectivity index (χ4v) is 3.49. The number of hydrogen-bond acceptors (Lipinski definition) is 5. The van der Waals surface area contributed by atoms with Crippen molar-refractivity contribution in [1.82, 2.24) is 9.80 Å². The largest absolute Gasteiger partial charge is 0.459 e. The van der Waals surface area contributed by atoms with Gasteiger partial charge in [-0.05, 0) is 31.7 Å². The van der Waals surface area contributed by atoms with E-state index in [9.17, 15) is 9.59 Å². The molecule has 2 rings (SSSR count). The van der Waals surface area contributed by atoms with Gasteiger partial charge in [0.1, 0.15) is 12.1 Å². The van der Waals surface area contributed by atoms with E-state index in [2.05, 4.69) is 4.90 Å². The summed E-state index contributed by atoms with van der Waals surface area (Å²) >= 11 is 0. The van der Waals surface area contributed by atoms with Gasteiger partial charge in [0.05, 0.1) is 6.61 Å². The third-order valence-electron chi connectivity index (χ3n) is 4.68. The Morgan fingerprint density at radius 1 is 1.30 bits per heavy atom. The molecule has 0 saturated carbocycles. The summed E-state index contributed by atoms with van der Waals surface area (Å²) in [5.41, 5.74) is 0. The predicted molar refractivity (Wildman–Crippen MR) is 87.0 cm³/mol. The van der Waals surface area contributed by atoms with Gasteiger partial charge in [-0.1, -0.05) is 13.8 Å². The first-order chi connectivity index (χ1) is 11.0. The van der Waals surface area contributed by atoms with E-state index in [-0.39, 0.29) is 23.9 Å². The first-order valence-corrected chi connectivity index (χ1v) is 8.74. The minimum Gasteiger partial charge on any atom is -0.459 e. The Morgan fingerprint density at radius 2 is 2.09 bits per heavy atom. The normalized spacial score (nSPS) is 24.3. The van der Waals surface area contributed by atoms with Crippen molar-refractivity contribution in [3.05, 3.63) is 0 Å². The van der Waals surface area contributed by atoms with Crippen molar-refractivity contribution in [2.24, 2.45) is 5.92 Å². The maximum atomic E-state index is 12.6. The molecule has 23 heavy (non-hydrogen) atoms. The van der Waals surface area contributed by atoms with E-state index in [1.807, 2.05) is 13.8 Å². The summed E-state index contributed by atoms with van der Waals surface area (Å²) in [6.45, 7) is 7.96. The molecule has 6 nitrogen and oxygen atoms in total. The average Bonchev–Trinajstić information content (AvgIpc) is 2.91. The van der Waals surface area contributed by atoms with E-state index in [4.69, 9.17) is 9.47 Å². The predicted octanol–water partition coefficient (Wildman–Crippen LogP) is 1.29. The minimum absolute atomic E-state index is 0.0673. The second-order valence-electron chi connectivity index (χ2n) is 6.87. The quantitative estimate of drug-likeness (QED) is 0.660. The molecule has 0 aromatic rings. The molecular formula is C17H30N2O4. The van der Waals surface area contributed by atoms with Crippen LogP contribution in [0, 0.1) is 5.92 Å². The van der Waals surface area contributed by atoms with Crippen LogP contribution < -0.4 is 0 Å². The lowest BCUT2D eigenvalue weighted by atomic mass is 10.0. The van der Waals surface area contributed by atoms with Crippen molar-refractivity contribution in [3.8, 4) is 0 Å². The molecule has 0 aromatic carbocycles. The molecule has 0 N–H and O–H groups in total. The Morgan fingerprint density at radius 3 is 2.70 bits per heavy atom. The summed E-state index contributed by atoms with van der Waals surface area (Å²) in [7, 11) is 1.70. The third kappa shape index (κ3) is 4.91. The molecule has 2 aliphatic rings. The lowest BCUT2D eigenvalue weighted by Gasteiger charge is -2.35. The van der Waals surface area contributed by atoms with Gasteiger partial charge >= 0.3 is 5.97 Å². The van der Waals surface area contributed by atoms with Crippen LogP contribution in [0.4, 0.5) is 0 Å². The van der Waals surface area contributed by atoms with E-state index < -0.39 is 6.04 Å². The second-order valence-corrected chi connectivity index (χ2v) is 6.87. The first-order valence-electron chi connectivity index (χ1n) is 8.74. The van der Waals surface area contributed by atoms with Gasteiger partial charge in [-0.2, -0.15) is 0 Å². The molecule has 0 aromatic heterocycles. The molecule has 0 unspecified atom stereocenters. The maximum absolute atomic E-state index is 12.6. The van der Waals surface area contributed by atoms with Crippen molar-refractivity contribution in [2.75, 3.05) is 39.9 Å². The lowest BCUT2D eigenvalue weighted by molar-refractivity contribution is -0.162. The van der Waals surface area contributed by atoms with Crippen LogP contribution in [0.1, 0.15) is 39.5 Å². The molecule has 0 radical (unpaired) electrons. The summed E-state index contributed by atoms with van der Waals surface area (Å²) in [6, 6.07) is -0.445. The van der Waals surface area contributed by atoms with Crippen LogP contribution in [0.3, 0.4) is 0 Å². The number of likely N-dealkylation sites (tertiary alicyclic amines) is 2. The summed E-state index contributed by atoms with van der Waals surface area (Å²) in [4.78, 5) is 28.6. The van der Waals surface area contributed by atoms with Crippen LogP contribution in [-0.2, 0) is 19.1 Å². The fraction of sp³-hybridized carbons (Fsp3) is 0.882. The zero-order valence-corrected chi connectivity index (χ0v) is 14.6. The number of amides is 1. The molecule has 2 fully saturated rings. The minimum atomic E-state index is -0.445. The standard InChI is InChI=1S/C17H30N2O4/c1-13(2)16(19-9-5-7-15(19)20)17(21)23-14-6-4-8-18(12-14)10-11-22-3/h13-14,16H,4-12H2,1-3H3/t14-,16+/m1/s1. The van der Waals surface area contributed by atoms with Gasteiger partial charge in [0.15, 0.2) is 0 Å². The molecule has 2 saturated heterocycles. The van der Waals surface area contributed by atoms with Crippen molar-refractivity contribution in [3.63, 3.8) is 0 Å².